The average molecular weight is 350 g/mol. The van der Waals surface area contributed by atoms with E-state index in [1.165, 1.54) is 11.1 Å². The second kappa shape index (κ2) is 8.17. The van der Waals surface area contributed by atoms with Crippen molar-refractivity contribution in [2.24, 2.45) is 5.92 Å². The Morgan fingerprint density at radius 3 is 2.35 bits per heavy atom. The maximum Gasteiger partial charge on any atom is 0.254 e. The second-order valence-corrected chi connectivity index (χ2v) is 7.26. The third kappa shape index (κ3) is 4.31. The summed E-state index contributed by atoms with van der Waals surface area (Å²) in [5, 5.41) is 2.92. The highest BCUT2D eigenvalue weighted by atomic mass is 16.2. The van der Waals surface area contributed by atoms with Gasteiger partial charge in [-0.05, 0) is 54.2 Å². The van der Waals surface area contributed by atoms with Crippen LogP contribution >= 0.6 is 0 Å². The van der Waals surface area contributed by atoms with Crippen LogP contribution in [0.4, 0.5) is 0 Å². The van der Waals surface area contributed by atoms with Gasteiger partial charge in [0.25, 0.3) is 11.8 Å². The first-order valence-corrected chi connectivity index (χ1v) is 9.29. The molecule has 26 heavy (non-hydrogen) atoms. The van der Waals surface area contributed by atoms with Crippen LogP contribution in [-0.4, -0.2) is 29.8 Å². The van der Waals surface area contributed by atoms with Crippen molar-refractivity contribution in [3.8, 4) is 0 Å². The highest BCUT2D eigenvalue weighted by Crippen LogP contribution is 2.20. The van der Waals surface area contributed by atoms with E-state index in [2.05, 4.69) is 31.3 Å². The van der Waals surface area contributed by atoms with Crippen LogP contribution in [0.25, 0.3) is 0 Å². The van der Waals surface area contributed by atoms with Gasteiger partial charge in [0, 0.05) is 30.8 Å². The van der Waals surface area contributed by atoms with Crippen molar-refractivity contribution in [1.29, 1.82) is 0 Å². The lowest BCUT2D eigenvalue weighted by atomic mass is 9.99. The number of hydrogen-bond donors (Lipinski definition) is 1. The van der Waals surface area contributed by atoms with Crippen LogP contribution in [0.5, 0.6) is 0 Å². The minimum absolute atomic E-state index is 0.0197. The van der Waals surface area contributed by atoms with Gasteiger partial charge < -0.3 is 10.2 Å². The first-order chi connectivity index (χ1) is 12.5. The molecule has 4 nitrogen and oxygen atoms in total. The largest absolute Gasteiger partial charge is 0.352 e. The number of carbonyl (C=O) groups excluding carboxylic acids is 2. The molecule has 3 rings (SSSR count). The molecule has 1 aliphatic heterocycles. The Labute approximate surface area is 155 Å². The molecule has 0 spiro atoms. The summed E-state index contributed by atoms with van der Waals surface area (Å²) in [7, 11) is 0. The Bertz CT molecular complexity index is 781. The van der Waals surface area contributed by atoms with Crippen molar-refractivity contribution in [1.82, 2.24) is 10.2 Å². The molecule has 0 saturated heterocycles. The molecule has 1 heterocycles. The quantitative estimate of drug-likeness (QED) is 0.895. The third-order valence-electron chi connectivity index (χ3n) is 4.82. The summed E-state index contributed by atoms with van der Waals surface area (Å²) < 4.78 is 0. The van der Waals surface area contributed by atoms with Crippen LogP contribution in [0.15, 0.2) is 48.5 Å². The number of rotatable bonds is 5. The van der Waals surface area contributed by atoms with Crippen LogP contribution < -0.4 is 5.32 Å². The molecule has 4 heteroatoms. The summed E-state index contributed by atoms with van der Waals surface area (Å²) in [4.78, 5) is 26.8. The minimum atomic E-state index is -0.0865. The van der Waals surface area contributed by atoms with Gasteiger partial charge in [0.2, 0.25) is 0 Å². The number of amides is 2. The van der Waals surface area contributed by atoms with Gasteiger partial charge in [0.15, 0.2) is 0 Å². The Morgan fingerprint density at radius 2 is 1.65 bits per heavy atom. The maximum absolute atomic E-state index is 12.8. The molecule has 0 fully saturated rings. The van der Waals surface area contributed by atoms with Gasteiger partial charge in [-0.3, -0.25) is 9.59 Å². The summed E-state index contributed by atoms with van der Waals surface area (Å²) in [5.74, 6) is 0.493. The van der Waals surface area contributed by atoms with Crippen molar-refractivity contribution in [3.05, 3.63) is 70.8 Å². The molecule has 1 aliphatic rings. The average Bonchev–Trinajstić information content (AvgIpc) is 2.66. The molecule has 0 atom stereocenters. The Hall–Kier alpha value is -2.62. The molecule has 2 aromatic carbocycles. The van der Waals surface area contributed by atoms with E-state index >= 15 is 0 Å². The topological polar surface area (TPSA) is 49.4 Å². The number of fused-ring (bicyclic) bond motifs is 1. The standard InChI is InChI=1S/C22H26N2O2/c1-16(2)11-13-23-21(25)18-7-9-19(10-8-18)22(26)24-14-12-17-5-3-4-6-20(17)15-24/h3-10,16H,11-15H2,1-2H3,(H,23,25). The van der Waals surface area contributed by atoms with Gasteiger partial charge in [-0.1, -0.05) is 38.1 Å². The molecule has 0 radical (unpaired) electrons. The number of carbonyl (C=O) groups is 2. The lowest BCUT2D eigenvalue weighted by molar-refractivity contribution is 0.0734. The van der Waals surface area contributed by atoms with Gasteiger partial charge >= 0.3 is 0 Å². The van der Waals surface area contributed by atoms with E-state index in [0.717, 1.165) is 19.4 Å². The van der Waals surface area contributed by atoms with Crippen molar-refractivity contribution in [2.75, 3.05) is 13.1 Å². The van der Waals surface area contributed by atoms with Gasteiger partial charge in [0.1, 0.15) is 0 Å². The first kappa shape index (κ1) is 18.2. The van der Waals surface area contributed by atoms with Crippen LogP contribution in [0.1, 0.15) is 52.1 Å². The zero-order valence-electron chi connectivity index (χ0n) is 15.5. The molecule has 0 unspecified atom stereocenters. The van der Waals surface area contributed by atoms with Crippen molar-refractivity contribution in [3.63, 3.8) is 0 Å². The normalized spacial score (nSPS) is 13.4. The van der Waals surface area contributed by atoms with Crippen LogP contribution in [0.3, 0.4) is 0 Å². The molecule has 0 aromatic heterocycles. The SMILES string of the molecule is CC(C)CCNC(=O)c1ccc(C(=O)N2CCc3ccccc3C2)cc1. The summed E-state index contributed by atoms with van der Waals surface area (Å²) >= 11 is 0. The van der Waals surface area contributed by atoms with Crippen LogP contribution in [0, 0.1) is 5.92 Å². The Morgan fingerprint density at radius 1 is 1.00 bits per heavy atom. The molecular formula is C22H26N2O2. The zero-order valence-corrected chi connectivity index (χ0v) is 15.5. The first-order valence-electron chi connectivity index (χ1n) is 9.29. The predicted octanol–water partition coefficient (Wildman–Crippen LogP) is 3.66. The summed E-state index contributed by atoms with van der Waals surface area (Å²) in [6.45, 7) is 6.31. The zero-order chi connectivity index (χ0) is 18.5. The molecule has 136 valence electrons. The fraction of sp³-hybridized carbons (Fsp3) is 0.364. The summed E-state index contributed by atoms with van der Waals surface area (Å²) in [5.41, 5.74) is 3.76. The minimum Gasteiger partial charge on any atom is -0.352 e. The van der Waals surface area contributed by atoms with Crippen LogP contribution in [-0.2, 0) is 13.0 Å². The number of hydrogen-bond acceptors (Lipinski definition) is 2. The van der Waals surface area contributed by atoms with Gasteiger partial charge in [-0.2, -0.15) is 0 Å². The van der Waals surface area contributed by atoms with Gasteiger partial charge in [-0.25, -0.2) is 0 Å². The fourth-order valence-electron chi connectivity index (χ4n) is 3.19. The lowest BCUT2D eigenvalue weighted by Gasteiger charge is -2.29. The molecule has 0 aliphatic carbocycles. The molecule has 0 bridgehead atoms. The van der Waals surface area contributed by atoms with Crippen molar-refractivity contribution < 1.29 is 9.59 Å². The monoisotopic (exact) mass is 350 g/mol. The predicted molar refractivity (Wildman–Crippen MR) is 103 cm³/mol. The van der Waals surface area contributed by atoms with Gasteiger partial charge in [0.05, 0.1) is 0 Å². The molecule has 2 amide bonds. The molecular weight excluding hydrogens is 324 g/mol. The van der Waals surface area contributed by atoms with E-state index in [0.29, 0.717) is 30.1 Å². The smallest absolute Gasteiger partial charge is 0.254 e. The van der Waals surface area contributed by atoms with E-state index in [4.69, 9.17) is 0 Å². The lowest BCUT2D eigenvalue weighted by Crippen LogP contribution is -2.36. The van der Waals surface area contributed by atoms with Crippen LogP contribution in [0.2, 0.25) is 0 Å². The van der Waals surface area contributed by atoms with E-state index in [-0.39, 0.29) is 11.8 Å². The maximum atomic E-state index is 12.8. The van der Waals surface area contributed by atoms with E-state index in [9.17, 15) is 9.59 Å². The van der Waals surface area contributed by atoms with Gasteiger partial charge in [-0.15, -0.1) is 0 Å². The van der Waals surface area contributed by atoms with Crippen molar-refractivity contribution in [2.45, 2.75) is 33.2 Å². The number of benzene rings is 2. The fourth-order valence-corrected chi connectivity index (χ4v) is 3.19. The molecule has 0 saturated carbocycles. The van der Waals surface area contributed by atoms with E-state index < -0.39 is 0 Å². The highest BCUT2D eigenvalue weighted by molar-refractivity contribution is 5.97. The number of nitrogens with zero attached hydrogens (tertiary/aromatic N) is 1. The Kier molecular flexibility index (Phi) is 5.71. The number of nitrogens with one attached hydrogen (secondary N) is 1. The molecule has 2 aromatic rings. The molecule has 1 N–H and O–H groups in total. The van der Waals surface area contributed by atoms with E-state index in [1.54, 1.807) is 24.3 Å². The third-order valence-corrected chi connectivity index (χ3v) is 4.82. The Balaban J connectivity index is 1.62. The highest BCUT2D eigenvalue weighted by Gasteiger charge is 2.21. The van der Waals surface area contributed by atoms with E-state index in [1.807, 2.05) is 17.0 Å². The summed E-state index contributed by atoms with van der Waals surface area (Å²) in [6.07, 6.45) is 1.84. The second-order valence-electron chi connectivity index (χ2n) is 7.26. The summed E-state index contributed by atoms with van der Waals surface area (Å²) in [6, 6.07) is 15.2. The van der Waals surface area contributed by atoms with Crippen molar-refractivity contribution >= 4 is 11.8 Å².